The van der Waals surface area contributed by atoms with Crippen LogP contribution >= 0.6 is 11.8 Å². The van der Waals surface area contributed by atoms with Crippen molar-refractivity contribution >= 4 is 17.4 Å². The van der Waals surface area contributed by atoms with Crippen LogP contribution in [0.5, 0.6) is 5.75 Å². The van der Waals surface area contributed by atoms with E-state index in [4.69, 9.17) is 0 Å². The molecule has 0 radical (unpaired) electrons. The lowest BCUT2D eigenvalue weighted by atomic mass is 10.2. The average Bonchev–Trinajstić information content (AvgIpc) is 2.77. The first-order chi connectivity index (χ1) is 9.61. The Balaban J connectivity index is 1.83. The Morgan fingerprint density at radius 1 is 1.15 bits per heavy atom. The molecule has 0 aliphatic heterocycles. The number of nitrogens with zero attached hydrogens (tertiary/aromatic N) is 2. The Morgan fingerprint density at radius 3 is 2.80 bits per heavy atom. The molecule has 2 heterocycles. The lowest BCUT2D eigenvalue weighted by Crippen LogP contribution is -1.91. The summed E-state index contributed by atoms with van der Waals surface area (Å²) in [6.45, 7) is 4.05. The van der Waals surface area contributed by atoms with Gasteiger partial charge < -0.3 is 9.51 Å². The maximum absolute atomic E-state index is 9.62. The molecule has 0 aliphatic carbocycles. The molecule has 0 amide bonds. The number of benzene rings is 1. The van der Waals surface area contributed by atoms with Crippen molar-refractivity contribution in [3.05, 3.63) is 59.5 Å². The van der Waals surface area contributed by atoms with Crippen LogP contribution in [0.25, 0.3) is 5.65 Å². The Hall–Kier alpha value is -1.94. The molecule has 0 saturated heterocycles. The standard InChI is InChI=1S/C16H16N2OS/c1-11-3-4-18-13(9-17-16(18)7-11)10-20-15-6-12(2)5-14(19)8-15/h3-9,19H,10H2,1-2H3. The Morgan fingerprint density at radius 2 is 2.00 bits per heavy atom. The van der Waals surface area contributed by atoms with Gasteiger partial charge in [0.15, 0.2) is 0 Å². The predicted molar refractivity (Wildman–Crippen MR) is 82.3 cm³/mol. The molecule has 0 bridgehead atoms. The number of phenols is 1. The van der Waals surface area contributed by atoms with Crippen LogP contribution < -0.4 is 0 Å². The molecule has 0 atom stereocenters. The van der Waals surface area contributed by atoms with Gasteiger partial charge in [-0.2, -0.15) is 0 Å². The molecule has 1 aromatic carbocycles. The van der Waals surface area contributed by atoms with Gasteiger partial charge in [-0.05, 0) is 55.3 Å². The topological polar surface area (TPSA) is 37.5 Å². The highest BCUT2D eigenvalue weighted by Gasteiger charge is 2.05. The highest BCUT2D eigenvalue weighted by molar-refractivity contribution is 7.98. The van der Waals surface area contributed by atoms with Gasteiger partial charge >= 0.3 is 0 Å². The van der Waals surface area contributed by atoms with E-state index >= 15 is 0 Å². The van der Waals surface area contributed by atoms with E-state index in [9.17, 15) is 5.11 Å². The van der Waals surface area contributed by atoms with E-state index in [1.165, 1.54) is 5.56 Å². The van der Waals surface area contributed by atoms with E-state index in [0.29, 0.717) is 5.75 Å². The minimum atomic E-state index is 0.321. The Kier molecular flexibility index (Phi) is 3.40. The van der Waals surface area contributed by atoms with Crippen LogP contribution in [0.3, 0.4) is 0 Å². The van der Waals surface area contributed by atoms with Crippen LogP contribution in [0.4, 0.5) is 0 Å². The molecular formula is C16H16N2OS. The molecule has 102 valence electrons. The first-order valence-corrected chi connectivity index (χ1v) is 7.46. The predicted octanol–water partition coefficient (Wildman–Crippen LogP) is 3.95. The summed E-state index contributed by atoms with van der Waals surface area (Å²) in [5, 5.41) is 9.62. The van der Waals surface area contributed by atoms with Gasteiger partial charge in [-0.1, -0.05) is 0 Å². The summed E-state index contributed by atoms with van der Waals surface area (Å²) in [7, 11) is 0. The van der Waals surface area contributed by atoms with Gasteiger partial charge in [-0.15, -0.1) is 11.8 Å². The summed E-state index contributed by atoms with van der Waals surface area (Å²) in [6.07, 6.45) is 3.97. The highest BCUT2D eigenvalue weighted by atomic mass is 32.2. The van der Waals surface area contributed by atoms with Crippen LogP contribution in [0.1, 0.15) is 16.8 Å². The summed E-state index contributed by atoms with van der Waals surface area (Å²) in [6, 6.07) is 9.80. The molecule has 4 heteroatoms. The molecule has 20 heavy (non-hydrogen) atoms. The van der Waals surface area contributed by atoms with Crippen molar-refractivity contribution in [2.75, 3.05) is 0 Å². The average molecular weight is 284 g/mol. The SMILES string of the molecule is Cc1cc(O)cc(SCc2cnc3cc(C)ccn23)c1. The molecule has 0 saturated carbocycles. The number of hydrogen-bond acceptors (Lipinski definition) is 3. The maximum Gasteiger partial charge on any atom is 0.137 e. The van der Waals surface area contributed by atoms with E-state index in [0.717, 1.165) is 27.6 Å². The molecule has 1 N–H and O–H groups in total. The van der Waals surface area contributed by atoms with E-state index in [2.05, 4.69) is 40.7 Å². The van der Waals surface area contributed by atoms with Crippen molar-refractivity contribution in [2.45, 2.75) is 24.5 Å². The number of phenolic OH excluding ortho intramolecular Hbond substituents is 1. The maximum atomic E-state index is 9.62. The molecule has 3 aromatic rings. The monoisotopic (exact) mass is 284 g/mol. The zero-order chi connectivity index (χ0) is 14.1. The molecule has 0 unspecified atom stereocenters. The van der Waals surface area contributed by atoms with Crippen LogP contribution in [0.15, 0.2) is 47.6 Å². The zero-order valence-electron chi connectivity index (χ0n) is 11.5. The van der Waals surface area contributed by atoms with Crippen molar-refractivity contribution in [3.63, 3.8) is 0 Å². The fourth-order valence-corrected chi connectivity index (χ4v) is 3.21. The summed E-state index contributed by atoms with van der Waals surface area (Å²) < 4.78 is 2.11. The molecule has 2 aromatic heterocycles. The summed E-state index contributed by atoms with van der Waals surface area (Å²) >= 11 is 1.70. The summed E-state index contributed by atoms with van der Waals surface area (Å²) in [5.74, 6) is 1.15. The Labute approximate surface area is 122 Å². The quantitative estimate of drug-likeness (QED) is 0.740. The molecule has 0 fully saturated rings. The number of thioether (sulfide) groups is 1. The zero-order valence-corrected chi connectivity index (χ0v) is 12.3. The van der Waals surface area contributed by atoms with E-state index in [-0.39, 0.29) is 0 Å². The lowest BCUT2D eigenvalue weighted by molar-refractivity contribution is 0.473. The number of aryl methyl sites for hydroxylation is 2. The second kappa shape index (κ2) is 5.21. The van der Waals surface area contributed by atoms with E-state index in [1.807, 2.05) is 13.1 Å². The van der Waals surface area contributed by atoms with Crippen LogP contribution in [0.2, 0.25) is 0 Å². The largest absolute Gasteiger partial charge is 0.508 e. The van der Waals surface area contributed by atoms with Crippen LogP contribution in [-0.2, 0) is 5.75 Å². The van der Waals surface area contributed by atoms with Gasteiger partial charge in [0, 0.05) is 16.8 Å². The molecule has 0 spiro atoms. The first kappa shape index (κ1) is 13.1. The van der Waals surface area contributed by atoms with Gasteiger partial charge in [-0.3, -0.25) is 0 Å². The lowest BCUT2D eigenvalue weighted by Gasteiger charge is -2.05. The third kappa shape index (κ3) is 2.65. The molecule has 0 aliphatic rings. The van der Waals surface area contributed by atoms with Crippen LogP contribution in [-0.4, -0.2) is 14.5 Å². The van der Waals surface area contributed by atoms with Gasteiger partial charge in [0.25, 0.3) is 0 Å². The number of pyridine rings is 1. The second-order valence-corrected chi connectivity index (χ2v) is 6.02. The molecular weight excluding hydrogens is 268 g/mol. The van der Waals surface area contributed by atoms with Crippen molar-refractivity contribution in [2.24, 2.45) is 0 Å². The molecule has 3 rings (SSSR count). The van der Waals surface area contributed by atoms with E-state index < -0.39 is 0 Å². The molecule has 3 nitrogen and oxygen atoms in total. The number of imidazole rings is 1. The third-order valence-electron chi connectivity index (χ3n) is 3.17. The highest BCUT2D eigenvalue weighted by Crippen LogP contribution is 2.27. The van der Waals surface area contributed by atoms with E-state index in [1.54, 1.807) is 23.9 Å². The summed E-state index contributed by atoms with van der Waals surface area (Å²) in [4.78, 5) is 5.50. The van der Waals surface area contributed by atoms with Gasteiger partial charge in [-0.25, -0.2) is 4.98 Å². The fourth-order valence-electron chi connectivity index (χ4n) is 2.21. The first-order valence-electron chi connectivity index (χ1n) is 6.48. The van der Waals surface area contributed by atoms with Gasteiger partial charge in [0.05, 0.1) is 11.9 Å². The van der Waals surface area contributed by atoms with Crippen molar-refractivity contribution < 1.29 is 5.11 Å². The van der Waals surface area contributed by atoms with Crippen molar-refractivity contribution in [1.29, 1.82) is 0 Å². The number of fused-ring (bicyclic) bond motifs is 1. The number of hydrogen-bond donors (Lipinski definition) is 1. The minimum Gasteiger partial charge on any atom is -0.508 e. The third-order valence-corrected chi connectivity index (χ3v) is 4.18. The van der Waals surface area contributed by atoms with Crippen LogP contribution in [0, 0.1) is 13.8 Å². The number of aromatic hydroxyl groups is 1. The smallest absolute Gasteiger partial charge is 0.137 e. The Bertz CT molecular complexity index is 744. The number of aromatic nitrogens is 2. The second-order valence-electron chi connectivity index (χ2n) is 4.97. The number of rotatable bonds is 3. The van der Waals surface area contributed by atoms with Gasteiger partial charge in [0.1, 0.15) is 11.4 Å². The minimum absolute atomic E-state index is 0.321. The van der Waals surface area contributed by atoms with Crippen molar-refractivity contribution in [1.82, 2.24) is 9.38 Å². The summed E-state index contributed by atoms with van der Waals surface area (Å²) in [5.41, 5.74) is 4.42. The fraction of sp³-hybridized carbons (Fsp3) is 0.188. The normalized spacial score (nSPS) is 11.1. The van der Waals surface area contributed by atoms with Gasteiger partial charge in [0.2, 0.25) is 0 Å². The van der Waals surface area contributed by atoms with Crippen molar-refractivity contribution in [3.8, 4) is 5.75 Å².